The Morgan fingerprint density at radius 3 is 2.76 bits per heavy atom. The fourth-order valence-corrected chi connectivity index (χ4v) is 2.35. The molecule has 0 amide bonds. The maximum atomic E-state index is 13.2. The number of halogens is 4. The predicted octanol–water partition coefficient (Wildman–Crippen LogP) is 2.78. The lowest BCUT2D eigenvalue weighted by Crippen LogP contribution is -2.34. The molecule has 0 bridgehead atoms. The number of nitrogens with zero attached hydrogens (tertiary/aromatic N) is 2. The zero-order valence-electron chi connectivity index (χ0n) is 10.9. The summed E-state index contributed by atoms with van der Waals surface area (Å²) in [5.74, 6) is -0.645. The van der Waals surface area contributed by atoms with Crippen LogP contribution in [0.25, 0.3) is 0 Å². The Morgan fingerprint density at radius 1 is 1.43 bits per heavy atom. The van der Waals surface area contributed by atoms with Crippen molar-refractivity contribution in [1.82, 2.24) is 4.90 Å². The van der Waals surface area contributed by atoms with Gasteiger partial charge in [0.25, 0.3) is 5.69 Å². The van der Waals surface area contributed by atoms with Crippen molar-refractivity contribution in [2.24, 2.45) is 0 Å². The van der Waals surface area contributed by atoms with Crippen molar-refractivity contribution in [3.8, 4) is 0 Å². The molecule has 1 atom stereocenters. The lowest BCUT2D eigenvalue weighted by molar-refractivity contribution is -0.384. The molecular weight excluding hydrogens is 294 g/mol. The zero-order chi connectivity index (χ0) is 15.6. The van der Waals surface area contributed by atoms with Crippen molar-refractivity contribution >= 4 is 11.4 Å². The number of benzene rings is 1. The first-order valence-corrected chi connectivity index (χ1v) is 6.24. The van der Waals surface area contributed by atoms with Crippen molar-refractivity contribution in [3.05, 3.63) is 34.1 Å². The van der Waals surface area contributed by atoms with Crippen molar-refractivity contribution in [2.75, 3.05) is 25.0 Å². The van der Waals surface area contributed by atoms with Crippen LogP contribution in [0.4, 0.5) is 28.9 Å². The minimum Gasteiger partial charge on any atom is -0.375 e. The highest BCUT2D eigenvalue weighted by molar-refractivity contribution is 5.62. The summed E-state index contributed by atoms with van der Waals surface area (Å²) in [7, 11) is 0. The molecule has 0 saturated carbocycles. The molecule has 2 rings (SSSR count). The highest BCUT2D eigenvalue weighted by Gasteiger charge is 2.34. The molecule has 5 nitrogen and oxygen atoms in total. The van der Waals surface area contributed by atoms with Gasteiger partial charge in [0.05, 0.1) is 11.5 Å². The van der Waals surface area contributed by atoms with Gasteiger partial charge in [0.2, 0.25) is 0 Å². The second-order valence-corrected chi connectivity index (χ2v) is 4.90. The molecule has 21 heavy (non-hydrogen) atoms. The molecule has 1 unspecified atom stereocenters. The summed E-state index contributed by atoms with van der Waals surface area (Å²) in [4.78, 5) is 11.4. The van der Waals surface area contributed by atoms with Gasteiger partial charge in [-0.3, -0.25) is 15.0 Å². The van der Waals surface area contributed by atoms with E-state index in [4.69, 9.17) is 0 Å². The summed E-state index contributed by atoms with van der Waals surface area (Å²) < 4.78 is 50.0. The SMILES string of the molecule is O=[N+]([O-])c1ccc(F)cc1NC1CCN(CC(F)(F)F)C1. The van der Waals surface area contributed by atoms with Crippen molar-refractivity contribution in [2.45, 2.75) is 18.6 Å². The molecule has 1 aromatic carbocycles. The summed E-state index contributed by atoms with van der Waals surface area (Å²) in [5.41, 5.74) is -0.315. The first-order chi connectivity index (χ1) is 9.74. The molecule has 0 radical (unpaired) electrons. The summed E-state index contributed by atoms with van der Waals surface area (Å²) in [6.07, 6.45) is -3.87. The lowest BCUT2D eigenvalue weighted by Gasteiger charge is -2.18. The van der Waals surface area contributed by atoms with Gasteiger partial charge in [-0.25, -0.2) is 4.39 Å². The topological polar surface area (TPSA) is 58.4 Å². The maximum Gasteiger partial charge on any atom is 0.401 e. The normalized spacial score (nSPS) is 19.7. The summed E-state index contributed by atoms with van der Waals surface area (Å²) in [6.45, 7) is -0.677. The number of nitro groups is 1. The lowest BCUT2D eigenvalue weighted by atomic mass is 10.2. The number of likely N-dealkylation sites (tertiary alicyclic amines) is 1. The van der Waals surface area contributed by atoms with Gasteiger partial charge in [-0.1, -0.05) is 0 Å². The standard InChI is InChI=1S/C12H13F4N3O2/c13-8-1-2-11(19(20)21)10(5-8)17-9-3-4-18(6-9)7-12(14,15)16/h1-2,5,9,17H,3-4,6-7H2. The van der Waals surface area contributed by atoms with Crippen LogP contribution < -0.4 is 5.32 Å². The van der Waals surface area contributed by atoms with Gasteiger partial charge in [0.15, 0.2) is 0 Å². The third-order valence-electron chi connectivity index (χ3n) is 3.19. The van der Waals surface area contributed by atoms with E-state index in [0.717, 1.165) is 18.2 Å². The van der Waals surface area contributed by atoms with Crippen LogP contribution in [0.3, 0.4) is 0 Å². The Labute approximate surface area is 117 Å². The number of hydrogen-bond donors (Lipinski definition) is 1. The van der Waals surface area contributed by atoms with Crippen LogP contribution in [-0.2, 0) is 0 Å². The van der Waals surface area contributed by atoms with Crippen molar-refractivity contribution in [1.29, 1.82) is 0 Å². The Hall–Kier alpha value is -1.90. The quantitative estimate of drug-likeness (QED) is 0.528. The van der Waals surface area contributed by atoms with Gasteiger partial charge in [-0.15, -0.1) is 0 Å². The monoisotopic (exact) mass is 307 g/mol. The molecule has 1 heterocycles. The van der Waals surface area contributed by atoms with E-state index in [1.807, 2.05) is 0 Å². The number of rotatable bonds is 4. The van der Waals surface area contributed by atoms with E-state index in [1.165, 1.54) is 4.90 Å². The Morgan fingerprint density at radius 2 is 2.14 bits per heavy atom. The van der Waals surface area contributed by atoms with Crippen LogP contribution >= 0.6 is 0 Å². The van der Waals surface area contributed by atoms with Crippen LogP contribution in [-0.4, -0.2) is 41.7 Å². The van der Waals surface area contributed by atoms with Gasteiger partial charge < -0.3 is 5.32 Å². The highest BCUT2D eigenvalue weighted by atomic mass is 19.4. The minimum atomic E-state index is -4.28. The first kappa shape index (κ1) is 15.5. The van der Waals surface area contributed by atoms with Crippen LogP contribution in [0.1, 0.15) is 6.42 Å². The number of nitrogens with one attached hydrogen (secondary N) is 1. The fourth-order valence-electron chi connectivity index (χ4n) is 2.35. The van der Waals surface area contributed by atoms with E-state index < -0.39 is 23.5 Å². The van der Waals surface area contributed by atoms with E-state index in [1.54, 1.807) is 0 Å². The highest BCUT2D eigenvalue weighted by Crippen LogP contribution is 2.28. The number of alkyl halides is 3. The third-order valence-corrected chi connectivity index (χ3v) is 3.19. The fraction of sp³-hybridized carbons (Fsp3) is 0.500. The van der Waals surface area contributed by atoms with Gasteiger partial charge in [-0.05, 0) is 12.5 Å². The second-order valence-electron chi connectivity index (χ2n) is 4.90. The van der Waals surface area contributed by atoms with Gasteiger partial charge in [0, 0.05) is 31.3 Å². The molecule has 9 heteroatoms. The second kappa shape index (κ2) is 5.84. The zero-order valence-corrected chi connectivity index (χ0v) is 10.9. The Kier molecular flexibility index (Phi) is 4.31. The minimum absolute atomic E-state index is 0.0149. The molecule has 116 valence electrons. The molecular formula is C12H13F4N3O2. The molecule has 0 aliphatic carbocycles. The molecule has 1 N–H and O–H groups in total. The van der Waals surface area contributed by atoms with Crippen molar-refractivity contribution in [3.63, 3.8) is 0 Å². The molecule has 0 spiro atoms. The Bertz CT molecular complexity index is 536. The summed E-state index contributed by atoms with van der Waals surface area (Å²) in [6, 6.07) is 2.59. The largest absolute Gasteiger partial charge is 0.401 e. The number of anilines is 1. The Balaban J connectivity index is 2.03. The summed E-state index contributed by atoms with van der Waals surface area (Å²) >= 11 is 0. The molecule has 1 saturated heterocycles. The molecule has 1 aromatic rings. The molecule has 0 aromatic heterocycles. The average molecular weight is 307 g/mol. The van der Waals surface area contributed by atoms with Gasteiger partial charge in [-0.2, -0.15) is 13.2 Å². The van der Waals surface area contributed by atoms with Crippen LogP contribution in [0.5, 0.6) is 0 Å². The van der Waals surface area contributed by atoms with E-state index in [-0.39, 0.29) is 30.5 Å². The van der Waals surface area contributed by atoms with Crippen LogP contribution in [0, 0.1) is 15.9 Å². The average Bonchev–Trinajstić information content (AvgIpc) is 2.73. The molecule has 1 aliphatic rings. The smallest absolute Gasteiger partial charge is 0.375 e. The molecule has 1 aliphatic heterocycles. The third kappa shape index (κ3) is 4.28. The number of hydrogen-bond acceptors (Lipinski definition) is 4. The van der Waals surface area contributed by atoms with E-state index in [2.05, 4.69) is 5.32 Å². The van der Waals surface area contributed by atoms with Crippen molar-refractivity contribution < 1.29 is 22.5 Å². The first-order valence-electron chi connectivity index (χ1n) is 6.24. The molecule has 1 fully saturated rings. The van der Waals surface area contributed by atoms with Gasteiger partial charge >= 0.3 is 6.18 Å². The van der Waals surface area contributed by atoms with E-state index in [0.29, 0.717) is 6.42 Å². The van der Waals surface area contributed by atoms with Gasteiger partial charge in [0.1, 0.15) is 11.5 Å². The maximum absolute atomic E-state index is 13.2. The summed E-state index contributed by atoms with van der Waals surface area (Å²) in [5, 5.41) is 13.6. The van der Waals surface area contributed by atoms with Crippen LogP contribution in [0.2, 0.25) is 0 Å². The van der Waals surface area contributed by atoms with E-state index in [9.17, 15) is 27.7 Å². The van der Waals surface area contributed by atoms with E-state index >= 15 is 0 Å². The predicted molar refractivity (Wildman–Crippen MR) is 67.6 cm³/mol. The van der Waals surface area contributed by atoms with Crippen LogP contribution in [0.15, 0.2) is 18.2 Å². The number of nitro benzene ring substituents is 1.